The van der Waals surface area contributed by atoms with Crippen LogP contribution in [0.3, 0.4) is 0 Å². The molecule has 1 N–H and O–H groups in total. The largest absolute Gasteiger partial charge is 0.467 e. The van der Waals surface area contributed by atoms with Gasteiger partial charge in [0.15, 0.2) is 35.3 Å². The van der Waals surface area contributed by atoms with Crippen molar-refractivity contribution in [2.45, 2.75) is 79.6 Å². The Hall–Kier alpha value is -3.21. The molecule has 1 unspecified atom stereocenters. The van der Waals surface area contributed by atoms with Gasteiger partial charge in [-0.3, -0.25) is 0 Å². The molecule has 0 aromatic heterocycles. The first-order valence-electron chi connectivity index (χ1n) is 15.2. The van der Waals surface area contributed by atoms with Crippen molar-refractivity contribution in [1.82, 2.24) is 4.13 Å². The lowest BCUT2D eigenvalue weighted by Crippen LogP contribution is -2.42. The van der Waals surface area contributed by atoms with Crippen LogP contribution in [0.5, 0.6) is 0 Å². The number of sulfonamides is 1. The lowest BCUT2D eigenvalue weighted by atomic mass is 10.0. The van der Waals surface area contributed by atoms with E-state index in [1.807, 2.05) is 92.7 Å². The Morgan fingerprint density at radius 2 is 1.42 bits per heavy atom. The number of nitrogens with zero attached hydrogens (tertiary/aromatic N) is 1. The average Bonchev–Trinajstić information content (AvgIpc) is 3.44. The molecule has 0 saturated carbocycles. The Morgan fingerprint density at radius 1 is 0.844 bits per heavy atom. The average molecular weight is 660 g/mol. The number of hydrogen-bond donors (Lipinski definition) is 1. The fraction of sp³-hybridized carbons (Fsp3) is 0.306. The van der Waals surface area contributed by atoms with Crippen molar-refractivity contribution < 1.29 is 17.6 Å². The smallest absolute Gasteiger partial charge is 0.280 e. The maximum absolute atomic E-state index is 13.8. The fourth-order valence-corrected chi connectivity index (χ4v) is 9.51. The van der Waals surface area contributed by atoms with E-state index in [4.69, 9.17) is 14.2 Å². The molecule has 3 atom stereocenters. The Labute approximate surface area is 272 Å². The van der Waals surface area contributed by atoms with Gasteiger partial charge in [0.05, 0.1) is 17.1 Å². The maximum Gasteiger partial charge on any atom is 0.280 e. The van der Waals surface area contributed by atoms with Crippen molar-refractivity contribution in [3.05, 3.63) is 125 Å². The summed E-state index contributed by atoms with van der Waals surface area (Å²) in [5, 5.41) is 0.0604. The third kappa shape index (κ3) is 7.61. The highest BCUT2D eigenvalue weighted by atomic mass is 32.3. The molecule has 0 spiro atoms. The zero-order chi connectivity index (χ0) is 32.4. The number of ether oxygens (including phenoxy) is 1. The van der Waals surface area contributed by atoms with Gasteiger partial charge in [-0.05, 0) is 78.1 Å². The quantitative estimate of drug-likeness (QED) is 0.138. The lowest BCUT2D eigenvalue weighted by molar-refractivity contribution is 0.154. The third-order valence-electron chi connectivity index (χ3n) is 8.54. The third-order valence-corrected chi connectivity index (χ3v) is 17.0. The van der Waals surface area contributed by atoms with E-state index in [-0.39, 0.29) is 22.1 Å². The summed E-state index contributed by atoms with van der Waals surface area (Å²) in [7, 11) is -5.90. The number of aryl methyl sites for hydroxylation is 2. The van der Waals surface area contributed by atoms with Gasteiger partial charge in [0.25, 0.3) is 10.0 Å². The van der Waals surface area contributed by atoms with Crippen LogP contribution in [0.25, 0.3) is 0 Å². The Balaban J connectivity index is 1.56. The molecule has 236 valence electrons. The van der Waals surface area contributed by atoms with Gasteiger partial charge in [0.1, 0.15) is 6.04 Å². The first kappa shape index (κ1) is 33.2. The van der Waals surface area contributed by atoms with Crippen LogP contribution >= 0.6 is 0 Å². The van der Waals surface area contributed by atoms with Crippen molar-refractivity contribution in [3.8, 4) is 0 Å². The van der Waals surface area contributed by atoms with Crippen LogP contribution in [0.4, 0.5) is 0 Å². The normalized spacial score (nSPS) is 17.9. The molecule has 0 radical (unpaired) electrons. The molecule has 4 aromatic carbocycles. The molecule has 4 aromatic rings. The second kappa shape index (κ2) is 13.3. The van der Waals surface area contributed by atoms with Gasteiger partial charge in [0, 0.05) is 0 Å². The molecule has 1 heterocycles. The number of hydrogen-bond acceptors (Lipinski definition) is 5. The molecule has 5 rings (SSSR count). The zero-order valence-corrected chi connectivity index (χ0v) is 29.7. The van der Waals surface area contributed by atoms with Crippen molar-refractivity contribution >= 4 is 35.3 Å². The molecular weight excluding hydrogens is 617 g/mol. The minimum absolute atomic E-state index is 0.0604. The molecule has 45 heavy (non-hydrogen) atoms. The van der Waals surface area contributed by atoms with E-state index in [0.717, 1.165) is 32.0 Å². The Bertz CT molecular complexity index is 1750. The number of rotatable bonds is 10. The van der Waals surface area contributed by atoms with E-state index in [9.17, 15) is 8.42 Å². The summed E-state index contributed by atoms with van der Waals surface area (Å²) in [6.07, 6.45) is -0.329. The Morgan fingerprint density at radius 3 is 2.04 bits per heavy atom. The van der Waals surface area contributed by atoms with E-state index in [1.165, 1.54) is 0 Å². The highest BCUT2D eigenvalue weighted by Gasteiger charge is 2.42. The van der Waals surface area contributed by atoms with Gasteiger partial charge < -0.3 is 9.16 Å². The van der Waals surface area contributed by atoms with Crippen LogP contribution in [-0.4, -0.2) is 35.3 Å². The molecular formula is C36H43N2O4S2Si+. The molecule has 9 heteroatoms. The summed E-state index contributed by atoms with van der Waals surface area (Å²) in [6.45, 7) is 15.6. The Kier molecular flexibility index (Phi) is 9.77. The number of benzene rings is 4. The molecule has 1 aliphatic rings. The molecule has 0 aliphatic carbocycles. The first-order valence-corrected chi connectivity index (χ1v) is 20.8. The van der Waals surface area contributed by atoms with Gasteiger partial charge in [0.2, 0.25) is 5.90 Å². The van der Waals surface area contributed by atoms with Crippen molar-refractivity contribution in [3.63, 3.8) is 0 Å². The van der Waals surface area contributed by atoms with Gasteiger partial charge >= 0.3 is 0 Å². The van der Waals surface area contributed by atoms with E-state index in [1.54, 1.807) is 12.1 Å². The van der Waals surface area contributed by atoms with Gasteiger partial charge in [-0.25, -0.2) is 13.4 Å². The number of aliphatic imine (C=N–C) groups is 1. The standard InChI is InChI=1S/C36H43N2O4S2Si/c1-26-17-21-29(22-18-26)43(38-44(39,40)30-23-19-27(2)20-24-30)33-16-12-11-15-31(33)35-37-32(25-41-45(6,7)36(3,4)5)34(42-35)28-13-9-8-10-14-28/h8-24,32,34,38H,25H2,1-7H3/q+1/t32-,34-,43?/m0/s1. The van der Waals surface area contributed by atoms with Crippen LogP contribution in [-0.2, 0) is 30.3 Å². The van der Waals surface area contributed by atoms with Crippen LogP contribution in [0.1, 0.15) is 49.1 Å². The summed E-state index contributed by atoms with van der Waals surface area (Å²) >= 11 is -1.06. The van der Waals surface area contributed by atoms with Crippen LogP contribution in [0.2, 0.25) is 18.1 Å². The topological polar surface area (TPSA) is 77.0 Å². The van der Waals surface area contributed by atoms with Crippen molar-refractivity contribution in [2.75, 3.05) is 6.61 Å². The van der Waals surface area contributed by atoms with Gasteiger partial charge in [-0.1, -0.05) is 98.6 Å². The van der Waals surface area contributed by atoms with Gasteiger partial charge in [-0.15, -0.1) is 0 Å². The second-order valence-electron chi connectivity index (χ2n) is 13.0. The monoisotopic (exact) mass is 659 g/mol. The highest BCUT2D eigenvalue weighted by Crippen LogP contribution is 2.39. The van der Waals surface area contributed by atoms with Crippen LogP contribution in [0, 0.1) is 13.8 Å². The SMILES string of the molecule is Cc1ccc([S+](NS(=O)(=O)c2ccc(C)cc2)c2ccccc2C2=N[C@@H](CO[Si](C)(C)C(C)(C)C)[C@H](c3ccccc3)O2)cc1. The zero-order valence-electron chi connectivity index (χ0n) is 27.1. The van der Waals surface area contributed by atoms with E-state index in [2.05, 4.69) is 50.1 Å². The highest BCUT2D eigenvalue weighted by molar-refractivity contribution is 8.07. The van der Waals surface area contributed by atoms with Gasteiger partial charge in [-0.2, -0.15) is 0 Å². The van der Waals surface area contributed by atoms with E-state index < -0.39 is 29.4 Å². The summed E-state index contributed by atoms with van der Waals surface area (Å²) in [4.78, 5) is 6.99. The minimum atomic E-state index is -3.86. The maximum atomic E-state index is 13.8. The van der Waals surface area contributed by atoms with Crippen molar-refractivity contribution in [2.24, 2.45) is 4.99 Å². The summed E-state index contributed by atoms with van der Waals surface area (Å²) < 4.78 is 43.9. The minimum Gasteiger partial charge on any atom is -0.467 e. The fourth-order valence-electron chi connectivity index (χ4n) is 4.74. The van der Waals surface area contributed by atoms with E-state index in [0.29, 0.717) is 12.5 Å². The van der Waals surface area contributed by atoms with Crippen LogP contribution < -0.4 is 4.13 Å². The number of nitrogens with one attached hydrogen (secondary N) is 1. The van der Waals surface area contributed by atoms with Crippen LogP contribution in [0.15, 0.2) is 123 Å². The lowest BCUT2D eigenvalue weighted by Gasteiger charge is -2.37. The molecule has 0 bridgehead atoms. The molecule has 1 aliphatic heterocycles. The summed E-state index contributed by atoms with van der Waals surface area (Å²) in [5.41, 5.74) is 3.86. The molecule has 6 nitrogen and oxygen atoms in total. The van der Waals surface area contributed by atoms with Crippen molar-refractivity contribution in [1.29, 1.82) is 0 Å². The second-order valence-corrected chi connectivity index (χ2v) is 21.5. The molecule has 0 fully saturated rings. The molecule has 0 amide bonds. The first-order chi connectivity index (χ1) is 21.2. The summed E-state index contributed by atoms with van der Waals surface area (Å²) in [5.74, 6) is 0.488. The molecule has 0 saturated heterocycles. The predicted octanol–water partition coefficient (Wildman–Crippen LogP) is 8.14. The predicted molar refractivity (Wildman–Crippen MR) is 187 cm³/mol. The van der Waals surface area contributed by atoms with E-state index >= 15 is 0 Å². The summed E-state index contributed by atoms with van der Waals surface area (Å²) in [6, 6.07) is 32.5.